The van der Waals surface area contributed by atoms with Gasteiger partial charge in [-0.15, -0.1) is 0 Å². The molecule has 0 spiro atoms. The molecule has 1 aromatic carbocycles. The van der Waals surface area contributed by atoms with Crippen LogP contribution in [0, 0.1) is 6.92 Å². The molecule has 1 aliphatic rings. The standard InChI is InChI=1S/C12H15F2NO/c1-9-2-4-10(5-3-9)16-11-6-7-15-8-12(11,13)14/h2-5,11,15H,6-8H2,1H3. The van der Waals surface area contributed by atoms with E-state index in [0.29, 0.717) is 18.7 Å². The Hall–Kier alpha value is -1.16. The first-order valence-electron chi connectivity index (χ1n) is 5.40. The van der Waals surface area contributed by atoms with Crippen LogP contribution in [-0.4, -0.2) is 25.1 Å². The highest BCUT2D eigenvalue weighted by Gasteiger charge is 2.43. The molecule has 1 atom stereocenters. The lowest BCUT2D eigenvalue weighted by Gasteiger charge is -2.32. The summed E-state index contributed by atoms with van der Waals surface area (Å²) in [6.45, 7) is 2.22. The van der Waals surface area contributed by atoms with Crippen LogP contribution in [0.25, 0.3) is 0 Å². The van der Waals surface area contributed by atoms with Gasteiger partial charge in [0.15, 0.2) is 6.10 Å². The number of rotatable bonds is 2. The van der Waals surface area contributed by atoms with Gasteiger partial charge in [-0.05, 0) is 25.6 Å². The molecule has 0 amide bonds. The lowest BCUT2D eigenvalue weighted by Crippen LogP contribution is -2.52. The zero-order chi connectivity index (χ0) is 11.6. The normalized spacial score (nSPS) is 24.1. The Morgan fingerprint density at radius 3 is 2.62 bits per heavy atom. The highest BCUT2D eigenvalue weighted by atomic mass is 19.3. The van der Waals surface area contributed by atoms with Gasteiger partial charge >= 0.3 is 0 Å². The van der Waals surface area contributed by atoms with Crippen molar-refractivity contribution in [2.45, 2.75) is 25.4 Å². The molecule has 1 heterocycles. The van der Waals surface area contributed by atoms with Crippen molar-refractivity contribution in [2.24, 2.45) is 0 Å². The Kier molecular flexibility index (Phi) is 3.10. The van der Waals surface area contributed by atoms with Gasteiger partial charge in [-0.25, -0.2) is 8.78 Å². The van der Waals surface area contributed by atoms with Gasteiger partial charge in [0, 0.05) is 6.42 Å². The summed E-state index contributed by atoms with van der Waals surface area (Å²) in [5.74, 6) is -2.28. The first kappa shape index (κ1) is 11.3. The summed E-state index contributed by atoms with van der Waals surface area (Å²) in [6, 6.07) is 7.17. The maximum absolute atomic E-state index is 13.4. The number of benzene rings is 1. The van der Waals surface area contributed by atoms with Gasteiger partial charge in [0.1, 0.15) is 5.75 Å². The highest BCUT2D eigenvalue weighted by molar-refractivity contribution is 5.26. The van der Waals surface area contributed by atoms with Crippen LogP contribution in [0.5, 0.6) is 5.75 Å². The van der Waals surface area contributed by atoms with Crippen molar-refractivity contribution in [1.29, 1.82) is 0 Å². The van der Waals surface area contributed by atoms with E-state index >= 15 is 0 Å². The molecule has 16 heavy (non-hydrogen) atoms. The quantitative estimate of drug-likeness (QED) is 0.837. The van der Waals surface area contributed by atoms with Gasteiger partial charge in [0.2, 0.25) is 0 Å². The number of alkyl halides is 2. The van der Waals surface area contributed by atoms with Gasteiger partial charge in [-0.2, -0.15) is 0 Å². The van der Waals surface area contributed by atoms with Crippen LogP contribution in [0.3, 0.4) is 0 Å². The lowest BCUT2D eigenvalue weighted by atomic mass is 10.1. The second-order valence-electron chi connectivity index (χ2n) is 4.15. The van der Waals surface area contributed by atoms with E-state index in [1.807, 2.05) is 19.1 Å². The molecule has 88 valence electrons. The number of aryl methyl sites for hydroxylation is 1. The van der Waals surface area contributed by atoms with E-state index in [4.69, 9.17) is 4.74 Å². The largest absolute Gasteiger partial charge is 0.484 e. The zero-order valence-electron chi connectivity index (χ0n) is 9.17. The van der Waals surface area contributed by atoms with Gasteiger partial charge in [0.25, 0.3) is 5.92 Å². The molecule has 1 aliphatic heterocycles. The van der Waals surface area contributed by atoms with Crippen molar-refractivity contribution in [3.63, 3.8) is 0 Å². The number of nitrogens with one attached hydrogen (secondary N) is 1. The molecule has 0 radical (unpaired) electrons. The Balaban J connectivity index is 2.05. The summed E-state index contributed by atoms with van der Waals surface area (Å²) in [5, 5.41) is 2.67. The Bertz CT molecular complexity index is 351. The van der Waals surface area contributed by atoms with E-state index in [1.54, 1.807) is 12.1 Å². The van der Waals surface area contributed by atoms with Gasteiger partial charge < -0.3 is 10.1 Å². The Morgan fingerprint density at radius 2 is 2.00 bits per heavy atom. The molecule has 0 aromatic heterocycles. The minimum Gasteiger partial charge on any atom is -0.484 e. The summed E-state index contributed by atoms with van der Waals surface area (Å²) in [5.41, 5.74) is 1.09. The van der Waals surface area contributed by atoms with E-state index < -0.39 is 12.0 Å². The fraction of sp³-hybridized carbons (Fsp3) is 0.500. The van der Waals surface area contributed by atoms with Crippen molar-refractivity contribution in [3.05, 3.63) is 29.8 Å². The summed E-state index contributed by atoms with van der Waals surface area (Å²) in [7, 11) is 0. The monoisotopic (exact) mass is 227 g/mol. The summed E-state index contributed by atoms with van der Waals surface area (Å²) < 4.78 is 32.2. The Labute approximate surface area is 93.6 Å². The number of ether oxygens (including phenoxy) is 1. The fourth-order valence-electron chi connectivity index (χ4n) is 1.74. The zero-order valence-corrected chi connectivity index (χ0v) is 9.17. The third-order valence-electron chi connectivity index (χ3n) is 2.71. The van der Waals surface area contributed by atoms with Crippen molar-refractivity contribution < 1.29 is 13.5 Å². The molecule has 0 saturated carbocycles. The number of hydrogen-bond donors (Lipinski definition) is 1. The van der Waals surface area contributed by atoms with E-state index in [2.05, 4.69) is 5.32 Å². The minimum atomic E-state index is -2.79. The molecule has 1 saturated heterocycles. The smallest absolute Gasteiger partial charge is 0.296 e. The number of piperidine rings is 1. The second-order valence-corrected chi connectivity index (χ2v) is 4.15. The summed E-state index contributed by atoms with van der Waals surface area (Å²) in [4.78, 5) is 0. The highest BCUT2D eigenvalue weighted by Crippen LogP contribution is 2.27. The van der Waals surface area contributed by atoms with Crippen LogP contribution >= 0.6 is 0 Å². The molecule has 1 aromatic rings. The SMILES string of the molecule is Cc1ccc(OC2CCNCC2(F)F)cc1. The van der Waals surface area contributed by atoms with E-state index in [0.717, 1.165) is 5.56 Å². The van der Waals surface area contributed by atoms with E-state index in [9.17, 15) is 8.78 Å². The molecule has 1 fully saturated rings. The molecular weight excluding hydrogens is 212 g/mol. The van der Waals surface area contributed by atoms with Crippen molar-refractivity contribution in [1.82, 2.24) is 5.32 Å². The van der Waals surface area contributed by atoms with Crippen molar-refractivity contribution in [2.75, 3.05) is 13.1 Å². The molecule has 1 unspecified atom stereocenters. The lowest BCUT2D eigenvalue weighted by molar-refractivity contribution is -0.108. The van der Waals surface area contributed by atoms with Crippen molar-refractivity contribution >= 4 is 0 Å². The third-order valence-corrected chi connectivity index (χ3v) is 2.71. The minimum absolute atomic E-state index is 0.302. The van der Waals surface area contributed by atoms with Crippen LogP contribution in [0.2, 0.25) is 0 Å². The summed E-state index contributed by atoms with van der Waals surface area (Å²) >= 11 is 0. The number of hydrogen-bond acceptors (Lipinski definition) is 2. The average Bonchev–Trinajstić information content (AvgIpc) is 2.24. The topological polar surface area (TPSA) is 21.3 Å². The molecule has 1 N–H and O–H groups in total. The van der Waals surface area contributed by atoms with Crippen LogP contribution in [0.4, 0.5) is 8.78 Å². The van der Waals surface area contributed by atoms with Crippen LogP contribution in [0.1, 0.15) is 12.0 Å². The van der Waals surface area contributed by atoms with Gasteiger partial charge in [0.05, 0.1) is 6.54 Å². The molecule has 0 bridgehead atoms. The first-order valence-corrected chi connectivity index (χ1v) is 5.40. The van der Waals surface area contributed by atoms with Crippen LogP contribution in [-0.2, 0) is 0 Å². The molecule has 2 rings (SSSR count). The molecule has 2 nitrogen and oxygen atoms in total. The maximum Gasteiger partial charge on any atom is 0.296 e. The predicted octanol–water partition coefficient (Wildman–Crippen LogP) is 2.37. The Morgan fingerprint density at radius 1 is 1.31 bits per heavy atom. The maximum atomic E-state index is 13.4. The average molecular weight is 227 g/mol. The van der Waals surface area contributed by atoms with E-state index in [1.165, 1.54) is 0 Å². The first-order chi connectivity index (χ1) is 7.58. The third kappa shape index (κ3) is 2.50. The number of halogens is 2. The summed E-state index contributed by atoms with van der Waals surface area (Å²) in [6.07, 6.45) is -0.683. The van der Waals surface area contributed by atoms with Crippen molar-refractivity contribution in [3.8, 4) is 5.75 Å². The van der Waals surface area contributed by atoms with E-state index in [-0.39, 0.29) is 6.54 Å². The van der Waals surface area contributed by atoms with Crippen LogP contribution in [0.15, 0.2) is 24.3 Å². The molecular formula is C12H15F2NO. The van der Waals surface area contributed by atoms with Crippen LogP contribution < -0.4 is 10.1 Å². The molecule has 0 aliphatic carbocycles. The predicted molar refractivity (Wildman–Crippen MR) is 58.0 cm³/mol. The second kappa shape index (κ2) is 4.37. The molecule has 4 heteroatoms. The van der Waals surface area contributed by atoms with Gasteiger partial charge in [-0.1, -0.05) is 17.7 Å². The van der Waals surface area contributed by atoms with Gasteiger partial charge in [-0.3, -0.25) is 0 Å². The fourth-order valence-corrected chi connectivity index (χ4v) is 1.74.